The monoisotopic (exact) mass is 308 g/mol. The Morgan fingerprint density at radius 3 is 2.59 bits per heavy atom. The van der Waals surface area contributed by atoms with E-state index >= 15 is 0 Å². The maximum atomic E-state index is 5.59. The molecule has 2 rings (SSSR count). The van der Waals surface area contributed by atoms with Gasteiger partial charge in [0.2, 0.25) is 0 Å². The van der Waals surface area contributed by atoms with Gasteiger partial charge in [-0.1, -0.05) is 33.8 Å². The zero-order chi connectivity index (χ0) is 12.3. The number of nitrogens with two attached hydrogens (primary N) is 1. The van der Waals surface area contributed by atoms with Gasteiger partial charge in [-0.05, 0) is 42.3 Å². The molecule has 0 aliphatic carbocycles. The summed E-state index contributed by atoms with van der Waals surface area (Å²) < 4.78 is 1.09. The maximum Gasteiger partial charge on any atom is 0.104 e. The average molecular weight is 309 g/mol. The number of hydrogen-bond acceptors (Lipinski definition) is 3. The van der Waals surface area contributed by atoms with Crippen molar-refractivity contribution in [3.8, 4) is 0 Å². The molecular formula is C13H13BrN2S. The highest BCUT2D eigenvalue weighted by Crippen LogP contribution is 2.29. The number of aryl methyl sites for hydroxylation is 1. The molecular weight excluding hydrogens is 296 g/mol. The molecule has 1 aromatic heterocycles. The second-order valence-electron chi connectivity index (χ2n) is 3.73. The van der Waals surface area contributed by atoms with Crippen LogP contribution < -0.4 is 5.73 Å². The molecule has 0 bridgehead atoms. The Morgan fingerprint density at radius 2 is 2.00 bits per heavy atom. The summed E-state index contributed by atoms with van der Waals surface area (Å²) in [5, 5.41) is 1.03. The number of hydrogen-bond donors (Lipinski definition) is 1. The molecule has 2 N–H and O–H groups in total. The first-order valence-corrected chi connectivity index (χ1v) is 6.89. The number of pyridine rings is 1. The van der Waals surface area contributed by atoms with Crippen LogP contribution >= 0.6 is 27.7 Å². The third-order valence-electron chi connectivity index (χ3n) is 2.35. The van der Waals surface area contributed by atoms with Crippen molar-refractivity contribution in [1.82, 2.24) is 4.98 Å². The van der Waals surface area contributed by atoms with Gasteiger partial charge >= 0.3 is 0 Å². The summed E-state index contributed by atoms with van der Waals surface area (Å²) in [4.78, 5) is 5.62. The van der Waals surface area contributed by atoms with Gasteiger partial charge in [0.1, 0.15) is 5.03 Å². The summed E-state index contributed by atoms with van der Waals surface area (Å²) in [6.45, 7) is 2.60. The summed E-state index contributed by atoms with van der Waals surface area (Å²) in [6, 6.07) is 10.3. The molecule has 0 saturated carbocycles. The molecule has 0 radical (unpaired) electrons. The Bertz CT molecular complexity index is 511. The first-order valence-electron chi connectivity index (χ1n) is 5.28. The number of aromatic nitrogens is 1. The number of rotatable bonds is 3. The van der Waals surface area contributed by atoms with Crippen LogP contribution in [0.1, 0.15) is 11.1 Å². The summed E-state index contributed by atoms with van der Waals surface area (Å²) >= 11 is 5.09. The van der Waals surface area contributed by atoms with E-state index < -0.39 is 0 Å². The van der Waals surface area contributed by atoms with Crippen molar-refractivity contribution >= 4 is 27.7 Å². The minimum atomic E-state index is 0.539. The topological polar surface area (TPSA) is 38.9 Å². The number of halogens is 1. The summed E-state index contributed by atoms with van der Waals surface area (Å²) in [5.41, 5.74) is 7.83. The van der Waals surface area contributed by atoms with Crippen molar-refractivity contribution in [3.63, 3.8) is 0 Å². The number of benzene rings is 1. The summed E-state index contributed by atoms with van der Waals surface area (Å²) in [6.07, 6.45) is 1.84. The lowest BCUT2D eigenvalue weighted by molar-refractivity contribution is 0.988. The predicted molar refractivity (Wildman–Crippen MR) is 75.1 cm³/mol. The van der Waals surface area contributed by atoms with Gasteiger partial charge in [-0.3, -0.25) is 0 Å². The van der Waals surface area contributed by atoms with Crippen LogP contribution in [-0.4, -0.2) is 4.98 Å². The van der Waals surface area contributed by atoms with E-state index in [1.165, 1.54) is 10.5 Å². The lowest BCUT2D eigenvalue weighted by Crippen LogP contribution is -1.98. The van der Waals surface area contributed by atoms with E-state index in [0.29, 0.717) is 6.54 Å². The zero-order valence-corrected chi connectivity index (χ0v) is 11.9. The predicted octanol–water partition coefficient (Wildman–Crippen LogP) is 3.76. The molecule has 0 saturated heterocycles. The highest BCUT2D eigenvalue weighted by atomic mass is 79.9. The Kier molecular flexibility index (Phi) is 4.20. The first-order chi connectivity index (χ1) is 8.19. The highest BCUT2D eigenvalue weighted by Gasteiger charge is 2.03. The van der Waals surface area contributed by atoms with E-state index in [-0.39, 0.29) is 0 Å². The van der Waals surface area contributed by atoms with Crippen LogP contribution in [0.3, 0.4) is 0 Å². The Labute approximate surface area is 114 Å². The zero-order valence-electron chi connectivity index (χ0n) is 9.48. The fraction of sp³-hybridized carbons (Fsp3) is 0.154. The Morgan fingerprint density at radius 1 is 1.29 bits per heavy atom. The van der Waals surface area contributed by atoms with Gasteiger partial charge in [-0.15, -0.1) is 0 Å². The van der Waals surface area contributed by atoms with Crippen LogP contribution in [-0.2, 0) is 6.54 Å². The van der Waals surface area contributed by atoms with E-state index in [0.717, 1.165) is 15.1 Å². The van der Waals surface area contributed by atoms with Crippen molar-refractivity contribution in [2.75, 3.05) is 0 Å². The van der Waals surface area contributed by atoms with Crippen LogP contribution in [0.25, 0.3) is 0 Å². The minimum absolute atomic E-state index is 0.539. The fourth-order valence-electron chi connectivity index (χ4n) is 1.45. The SMILES string of the molecule is Cc1cc(CN)cnc1Sc1ccc(Br)cc1. The smallest absolute Gasteiger partial charge is 0.104 e. The maximum absolute atomic E-state index is 5.59. The largest absolute Gasteiger partial charge is 0.326 e. The lowest BCUT2D eigenvalue weighted by atomic mass is 10.2. The van der Waals surface area contributed by atoms with Crippen LogP contribution in [0.2, 0.25) is 0 Å². The summed E-state index contributed by atoms with van der Waals surface area (Å²) in [5.74, 6) is 0. The summed E-state index contributed by atoms with van der Waals surface area (Å²) in [7, 11) is 0. The molecule has 0 aliphatic heterocycles. The molecule has 4 heteroatoms. The van der Waals surface area contributed by atoms with E-state index in [2.05, 4.69) is 46.0 Å². The van der Waals surface area contributed by atoms with Gasteiger partial charge in [0.25, 0.3) is 0 Å². The standard InChI is InChI=1S/C13H13BrN2S/c1-9-6-10(7-15)8-16-13(9)17-12-4-2-11(14)3-5-12/h2-6,8H,7,15H2,1H3. The normalized spacial score (nSPS) is 10.5. The molecule has 17 heavy (non-hydrogen) atoms. The van der Waals surface area contributed by atoms with E-state index in [9.17, 15) is 0 Å². The van der Waals surface area contributed by atoms with Crippen LogP contribution in [0, 0.1) is 6.92 Å². The fourth-order valence-corrected chi connectivity index (χ4v) is 2.54. The third-order valence-corrected chi connectivity index (χ3v) is 4.01. The molecule has 0 aliphatic rings. The van der Waals surface area contributed by atoms with Crippen molar-refractivity contribution < 1.29 is 0 Å². The molecule has 0 fully saturated rings. The quantitative estimate of drug-likeness (QED) is 0.938. The van der Waals surface area contributed by atoms with Crippen LogP contribution in [0.4, 0.5) is 0 Å². The van der Waals surface area contributed by atoms with Crippen molar-refractivity contribution in [2.24, 2.45) is 5.73 Å². The van der Waals surface area contributed by atoms with Crippen LogP contribution in [0.15, 0.2) is 50.9 Å². The van der Waals surface area contributed by atoms with E-state index in [1.54, 1.807) is 11.8 Å². The van der Waals surface area contributed by atoms with Gasteiger partial charge in [-0.25, -0.2) is 4.98 Å². The molecule has 2 aromatic rings. The molecule has 0 spiro atoms. The molecule has 1 heterocycles. The second kappa shape index (κ2) is 5.67. The molecule has 1 aromatic carbocycles. The average Bonchev–Trinajstić information content (AvgIpc) is 2.34. The first kappa shape index (κ1) is 12.6. The van der Waals surface area contributed by atoms with Crippen molar-refractivity contribution in [2.45, 2.75) is 23.4 Å². The Hall–Kier alpha value is -0.840. The van der Waals surface area contributed by atoms with Gasteiger partial charge in [0.05, 0.1) is 0 Å². The van der Waals surface area contributed by atoms with Crippen molar-refractivity contribution in [1.29, 1.82) is 0 Å². The highest BCUT2D eigenvalue weighted by molar-refractivity contribution is 9.10. The molecule has 0 unspecified atom stereocenters. The van der Waals surface area contributed by atoms with Gasteiger partial charge in [-0.2, -0.15) is 0 Å². The Balaban J connectivity index is 2.21. The molecule has 2 nitrogen and oxygen atoms in total. The molecule has 0 atom stereocenters. The van der Waals surface area contributed by atoms with Gasteiger partial charge in [0.15, 0.2) is 0 Å². The van der Waals surface area contributed by atoms with Crippen LogP contribution in [0.5, 0.6) is 0 Å². The second-order valence-corrected chi connectivity index (χ2v) is 5.70. The van der Waals surface area contributed by atoms with Gasteiger partial charge in [0, 0.05) is 22.1 Å². The third kappa shape index (κ3) is 3.31. The van der Waals surface area contributed by atoms with Gasteiger partial charge < -0.3 is 5.73 Å². The number of nitrogens with zero attached hydrogens (tertiary/aromatic N) is 1. The van der Waals surface area contributed by atoms with Crippen molar-refractivity contribution in [3.05, 3.63) is 52.1 Å². The molecule has 88 valence electrons. The molecule has 0 amide bonds. The van der Waals surface area contributed by atoms with E-state index in [4.69, 9.17) is 5.73 Å². The minimum Gasteiger partial charge on any atom is -0.326 e. The van der Waals surface area contributed by atoms with E-state index in [1.807, 2.05) is 18.3 Å². The lowest BCUT2D eigenvalue weighted by Gasteiger charge is -2.06.